The number of carbonyl (C=O) groups excluding carboxylic acids is 3. The van der Waals surface area contributed by atoms with Gasteiger partial charge in [0.25, 0.3) is 12.4 Å². The van der Waals surface area contributed by atoms with Crippen molar-refractivity contribution in [2.24, 2.45) is 11.8 Å². The number of hydrogen-bond donors (Lipinski definition) is 7. The Morgan fingerprint density at radius 2 is 1.61 bits per heavy atom. The summed E-state index contributed by atoms with van der Waals surface area (Å²) in [6.45, 7) is 4.61. The van der Waals surface area contributed by atoms with Gasteiger partial charge in [0.2, 0.25) is 17.6 Å². The van der Waals surface area contributed by atoms with E-state index in [1.54, 1.807) is 30.3 Å². The van der Waals surface area contributed by atoms with E-state index in [9.17, 15) is 19.2 Å². The average molecular weight is 770 g/mol. The first-order chi connectivity index (χ1) is 27.2. The summed E-state index contributed by atoms with van der Waals surface area (Å²) in [7, 11) is 0. The minimum absolute atomic E-state index is 0.129. The molecule has 2 heterocycles. The van der Waals surface area contributed by atoms with Crippen LogP contribution in [0.5, 0.6) is 0 Å². The molecule has 0 radical (unpaired) electrons. The third-order valence-corrected chi connectivity index (χ3v) is 9.82. The van der Waals surface area contributed by atoms with E-state index in [2.05, 4.69) is 46.8 Å². The van der Waals surface area contributed by atoms with Crippen molar-refractivity contribution >= 4 is 36.0 Å². The van der Waals surface area contributed by atoms with E-state index in [1.807, 2.05) is 42.5 Å². The summed E-state index contributed by atoms with van der Waals surface area (Å²) in [5, 5.41) is 41.2. The van der Waals surface area contributed by atoms with Gasteiger partial charge in [-0.1, -0.05) is 36.4 Å². The predicted molar refractivity (Wildman–Crippen MR) is 206 cm³/mol. The monoisotopic (exact) mass is 769 g/mol. The number of nitrogens with one attached hydrogen (secondary N) is 5. The largest absolute Gasteiger partial charge is 0.483 e. The number of aromatic nitrogens is 4. The molecule has 3 aromatic carbocycles. The Labute approximate surface area is 323 Å². The lowest BCUT2D eigenvalue weighted by Gasteiger charge is -2.29. The zero-order chi connectivity index (χ0) is 39.7. The van der Waals surface area contributed by atoms with Gasteiger partial charge in [0.05, 0.1) is 13.2 Å². The molecular formula is C39H47N9O8. The number of carboxylic acid groups (broad SMARTS) is 2. The predicted octanol–water partition coefficient (Wildman–Crippen LogP) is 3.04. The zero-order valence-electron chi connectivity index (χ0n) is 30.9. The molecule has 17 nitrogen and oxygen atoms in total. The molecule has 1 aliphatic heterocycles. The Balaban J connectivity index is 0.00000194. The van der Waals surface area contributed by atoms with Crippen molar-refractivity contribution in [1.29, 1.82) is 0 Å². The quantitative estimate of drug-likeness (QED) is 0.0916. The molecule has 4 aromatic rings. The molecular weight excluding hydrogens is 722 g/mol. The second-order valence-corrected chi connectivity index (χ2v) is 13.6. The third kappa shape index (κ3) is 12.4. The molecule has 1 aromatic heterocycles. The topological polar surface area (TPSA) is 241 Å². The molecule has 1 saturated carbocycles. The molecule has 56 heavy (non-hydrogen) atoms. The van der Waals surface area contributed by atoms with Gasteiger partial charge in [-0.3, -0.25) is 24.1 Å². The van der Waals surface area contributed by atoms with Gasteiger partial charge in [-0.05, 0) is 89.9 Å². The standard InChI is InChI=1S/C38H45N9O6.CH2O2/c48-35(39-16-17-47-18-20-53-21-19-47)31-3-1-2-30(23-31)27-8-4-25(5-9-27)22-33(42-36(49)29-10-6-26(7-11-29)24-40-38(51)52)37(50)41-32-14-12-28(13-15-32)34-43-45-46-44-34;2-1-3/h1-5,8-9,12-15,23,26,29,33,40H,6-7,10-11,16-22,24H2,(H,39,48)(H,41,50)(H,42,49)(H,51,52)(H,43,44,45,46);1H,(H,2,3)/t26?,29?,33-;/m0./s1. The number of amides is 4. The number of nitrogens with zero attached hydrogens (tertiary/aromatic N) is 4. The lowest BCUT2D eigenvalue weighted by molar-refractivity contribution is -0.130. The van der Waals surface area contributed by atoms with Crippen molar-refractivity contribution in [1.82, 2.24) is 41.5 Å². The van der Waals surface area contributed by atoms with E-state index in [-0.39, 0.29) is 42.5 Å². The fraction of sp³-hybridized carbons (Fsp3) is 0.385. The molecule has 6 rings (SSSR count). The Morgan fingerprint density at radius 3 is 2.27 bits per heavy atom. The van der Waals surface area contributed by atoms with Crippen molar-refractivity contribution in [3.05, 3.63) is 83.9 Å². The highest BCUT2D eigenvalue weighted by molar-refractivity contribution is 5.98. The Kier molecular flexibility index (Phi) is 15.4. The minimum Gasteiger partial charge on any atom is -0.483 e. The number of H-pyrrole nitrogens is 1. The number of ether oxygens (including phenoxy) is 1. The van der Waals surface area contributed by atoms with Crippen molar-refractivity contribution in [2.45, 2.75) is 38.1 Å². The number of hydrogen-bond acceptors (Lipinski definition) is 10. The summed E-state index contributed by atoms with van der Waals surface area (Å²) in [6.07, 6.45) is 1.87. The lowest BCUT2D eigenvalue weighted by Crippen LogP contribution is -2.48. The highest BCUT2D eigenvalue weighted by atomic mass is 16.5. The molecule has 2 aliphatic rings. The number of aromatic amines is 1. The molecule has 17 heteroatoms. The van der Waals surface area contributed by atoms with E-state index in [1.165, 1.54) is 0 Å². The maximum Gasteiger partial charge on any atom is 0.404 e. The van der Waals surface area contributed by atoms with Crippen LogP contribution in [0.2, 0.25) is 0 Å². The fourth-order valence-electron chi connectivity index (χ4n) is 6.74. The SMILES string of the molecule is O=C(O)NCC1CCC(C(=O)N[C@@H](Cc2ccc(-c3cccc(C(=O)NCCN4CCOCC4)c3)cc2)C(=O)Nc2ccc(-c3nn[nH]n3)cc2)CC1.O=CO. The number of tetrazole rings is 1. The molecule has 1 aliphatic carbocycles. The molecule has 1 saturated heterocycles. The molecule has 0 unspecified atom stereocenters. The van der Waals surface area contributed by atoms with Crippen LogP contribution in [-0.2, 0) is 25.5 Å². The van der Waals surface area contributed by atoms with E-state index in [4.69, 9.17) is 19.7 Å². The number of benzene rings is 3. The minimum atomic E-state index is -1.05. The Hall–Kier alpha value is -6.20. The van der Waals surface area contributed by atoms with E-state index < -0.39 is 12.1 Å². The molecule has 4 amide bonds. The Morgan fingerprint density at radius 1 is 0.911 bits per heavy atom. The second-order valence-electron chi connectivity index (χ2n) is 13.6. The summed E-state index contributed by atoms with van der Waals surface area (Å²) in [5.74, 6) is -0.346. The number of anilines is 1. The van der Waals surface area contributed by atoms with Crippen molar-refractivity contribution in [2.75, 3.05) is 51.3 Å². The number of rotatable bonds is 14. The van der Waals surface area contributed by atoms with Crippen molar-refractivity contribution < 1.29 is 38.9 Å². The van der Waals surface area contributed by atoms with Gasteiger partial charge < -0.3 is 36.2 Å². The first-order valence-electron chi connectivity index (χ1n) is 18.5. The summed E-state index contributed by atoms with van der Waals surface area (Å²) < 4.78 is 5.39. The van der Waals surface area contributed by atoms with Gasteiger partial charge in [-0.2, -0.15) is 5.21 Å². The average Bonchev–Trinajstić information content (AvgIpc) is 3.77. The van der Waals surface area contributed by atoms with Gasteiger partial charge in [-0.25, -0.2) is 4.79 Å². The first kappa shape index (κ1) is 41.0. The normalized spacial score (nSPS) is 17.3. The van der Waals surface area contributed by atoms with Crippen LogP contribution < -0.4 is 21.3 Å². The molecule has 2 fully saturated rings. The number of carbonyl (C=O) groups is 5. The van der Waals surface area contributed by atoms with Crippen molar-refractivity contribution in [3.63, 3.8) is 0 Å². The summed E-state index contributed by atoms with van der Waals surface area (Å²) in [4.78, 5) is 61.7. The van der Waals surface area contributed by atoms with Crippen LogP contribution in [0, 0.1) is 11.8 Å². The van der Waals surface area contributed by atoms with Gasteiger partial charge in [-0.15, -0.1) is 10.2 Å². The van der Waals surface area contributed by atoms with Crippen LogP contribution in [0.25, 0.3) is 22.5 Å². The highest BCUT2D eigenvalue weighted by Crippen LogP contribution is 2.29. The van der Waals surface area contributed by atoms with E-state index in [0.717, 1.165) is 54.7 Å². The van der Waals surface area contributed by atoms with Crippen molar-refractivity contribution in [3.8, 4) is 22.5 Å². The van der Waals surface area contributed by atoms with Crippen LogP contribution in [0.3, 0.4) is 0 Å². The molecule has 1 atom stereocenters. The van der Waals surface area contributed by atoms with Gasteiger partial charge in [0, 0.05) is 61.9 Å². The summed E-state index contributed by atoms with van der Waals surface area (Å²) in [6, 6.07) is 21.4. The maximum absolute atomic E-state index is 13.7. The molecule has 0 bridgehead atoms. The summed E-state index contributed by atoms with van der Waals surface area (Å²) >= 11 is 0. The van der Waals surface area contributed by atoms with Gasteiger partial charge in [0.15, 0.2) is 0 Å². The van der Waals surface area contributed by atoms with Crippen LogP contribution in [-0.4, -0.2) is 118 Å². The smallest absolute Gasteiger partial charge is 0.404 e. The zero-order valence-corrected chi connectivity index (χ0v) is 30.9. The van der Waals surface area contributed by atoms with Crippen LogP contribution >= 0.6 is 0 Å². The van der Waals surface area contributed by atoms with E-state index >= 15 is 0 Å². The van der Waals surface area contributed by atoms with Gasteiger partial charge in [0.1, 0.15) is 6.04 Å². The third-order valence-electron chi connectivity index (χ3n) is 9.82. The van der Waals surface area contributed by atoms with E-state index in [0.29, 0.717) is 56.2 Å². The fourth-order valence-corrected chi connectivity index (χ4v) is 6.74. The second kappa shape index (κ2) is 21.0. The molecule has 296 valence electrons. The highest BCUT2D eigenvalue weighted by Gasteiger charge is 2.30. The van der Waals surface area contributed by atoms with Crippen LogP contribution in [0.4, 0.5) is 10.5 Å². The Bertz CT molecular complexity index is 1880. The lowest BCUT2D eigenvalue weighted by atomic mass is 9.81. The first-order valence-corrected chi connectivity index (χ1v) is 18.5. The van der Waals surface area contributed by atoms with Crippen LogP contribution in [0.15, 0.2) is 72.8 Å². The maximum atomic E-state index is 13.7. The van der Waals surface area contributed by atoms with Crippen LogP contribution in [0.1, 0.15) is 41.6 Å². The molecule has 7 N–H and O–H groups in total. The summed E-state index contributed by atoms with van der Waals surface area (Å²) in [5.41, 5.74) is 4.50. The van der Waals surface area contributed by atoms with Gasteiger partial charge >= 0.3 is 6.09 Å². The number of morpholine rings is 1. The molecule has 0 spiro atoms.